The first-order valence-corrected chi connectivity index (χ1v) is 12.5. The van der Waals surface area contributed by atoms with Crippen LogP contribution in [0.15, 0.2) is 71.6 Å². The van der Waals surface area contributed by atoms with Gasteiger partial charge in [0.1, 0.15) is 12.4 Å². The lowest BCUT2D eigenvalue weighted by Gasteiger charge is -2.26. The maximum absolute atomic E-state index is 13.5. The quantitative estimate of drug-likeness (QED) is 0.439. The van der Waals surface area contributed by atoms with Gasteiger partial charge in [-0.1, -0.05) is 30.7 Å². The van der Waals surface area contributed by atoms with Gasteiger partial charge in [0.25, 0.3) is 10.0 Å². The molecule has 1 amide bonds. The summed E-state index contributed by atoms with van der Waals surface area (Å²) in [6.07, 6.45) is 0.558. The smallest absolute Gasteiger partial charge is 0.264 e. The Bertz CT molecular complexity index is 1260. The van der Waals surface area contributed by atoms with Gasteiger partial charge in [0, 0.05) is 0 Å². The van der Waals surface area contributed by atoms with Gasteiger partial charge in [-0.2, -0.15) is 0 Å². The third-order valence-electron chi connectivity index (χ3n) is 5.56. The Morgan fingerprint density at radius 1 is 0.971 bits per heavy atom. The van der Waals surface area contributed by atoms with Crippen molar-refractivity contribution in [3.05, 3.63) is 83.7 Å². The summed E-state index contributed by atoms with van der Waals surface area (Å²) in [6.45, 7) is 3.27. The molecule has 0 aromatic heterocycles. The average Bonchev–Trinajstić information content (AvgIpc) is 2.86. The van der Waals surface area contributed by atoms with Gasteiger partial charge in [-0.15, -0.1) is 0 Å². The number of nitrogens with one attached hydrogen (secondary N) is 1. The molecule has 1 atom stereocenters. The molecule has 0 saturated carbocycles. The minimum atomic E-state index is -4.09. The first-order valence-electron chi connectivity index (χ1n) is 11.1. The third kappa shape index (κ3) is 6.10. The number of amides is 1. The molecule has 0 heterocycles. The number of sulfonamides is 1. The molecule has 1 unspecified atom stereocenters. The summed E-state index contributed by atoms with van der Waals surface area (Å²) in [5, 5.41) is 2.90. The first-order chi connectivity index (χ1) is 16.7. The predicted molar refractivity (Wildman–Crippen MR) is 133 cm³/mol. The van der Waals surface area contributed by atoms with Gasteiger partial charge < -0.3 is 14.8 Å². The fourth-order valence-electron chi connectivity index (χ4n) is 3.62. The summed E-state index contributed by atoms with van der Waals surface area (Å²) in [5.41, 5.74) is 1.87. The molecule has 0 aliphatic rings. The molecule has 35 heavy (non-hydrogen) atoms. The van der Waals surface area contributed by atoms with Gasteiger partial charge in [-0.05, 0) is 67.4 Å². The topological polar surface area (TPSA) is 84.9 Å². The number of hydrogen-bond acceptors (Lipinski definition) is 5. The van der Waals surface area contributed by atoms with Crippen molar-refractivity contribution >= 4 is 21.6 Å². The van der Waals surface area contributed by atoms with Crippen LogP contribution in [-0.2, 0) is 14.8 Å². The van der Waals surface area contributed by atoms with E-state index in [0.29, 0.717) is 17.9 Å². The second-order valence-corrected chi connectivity index (χ2v) is 9.81. The number of ether oxygens (including phenoxy) is 2. The van der Waals surface area contributed by atoms with Crippen LogP contribution in [0.4, 0.5) is 10.1 Å². The minimum Gasteiger partial charge on any atom is -0.493 e. The number of carbonyl (C=O) groups is 1. The highest BCUT2D eigenvalue weighted by atomic mass is 32.2. The molecule has 0 spiro atoms. The standard InChI is InChI=1S/C26H29FN2O5S/c1-5-23(19-8-15-24(33-3)25(16-19)34-4)28-26(30)17-29(21-11-9-20(27)10-12-21)35(31,32)22-13-6-18(2)7-14-22/h6-16,23H,5,17H2,1-4H3,(H,28,30). The van der Waals surface area contributed by atoms with E-state index in [9.17, 15) is 17.6 Å². The largest absolute Gasteiger partial charge is 0.493 e. The summed E-state index contributed by atoms with van der Waals surface area (Å²) in [7, 11) is -1.03. The number of rotatable bonds is 10. The van der Waals surface area contributed by atoms with Crippen LogP contribution in [-0.4, -0.2) is 35.1 Å². The highest BCUT2D eigenvalue weighted by molar-refractivity contribution is 7.92. The second-order valence-electron chi connectivity index (χ2n) is 7.94. The van der Waals surface area contributed by atoms with Gasteiger partial charge >= 0.3 is 0 Å². The first kappa shape index (κ1) is 26.0. The normalized spacial score (nSPS) is 12.0. The Hall–Kier alpha value is -3.59. The van der Waals surface area contributed by atoms with Crippen LogP contribution in [0, 0.1) is 12.7 Å². The van der Waals surface area contributed by atoms with E-state index in [1.54, 1.807) is 24.3 Å². The van der Waals surface area contributed by atoms with Crippen molar-refractivity contribution < 1.29 is 27.1 Å². The average molecular weight is 501 g/mol. The molecule has 0 radical (unpaired) electrons. The predicted octanol–water partition coefficient (Wildman–Crippen LogP) is 4.61. The van der Waals surface area contributed by atoms with Crippen LogP contribution in [0.2, 0.25) is 0 Å². The van der Waals surface area contributed by atoms with E-state index in [1.165, 1.54) is 38.5 Å². The van der Waals surface area contributed by atoms with Crippen LogP contribution >= 0.6 is 0 Å². The lowest BCUT2D eigenvalue weighted by Crippen LogP contribution is -2.42. The molecule has 3 aromatic rings. The fraction of sp³-hybridized carbons (Fsp3) is 0.269. The molecule has 3 rings (SSSR count). The van der Waals surface area contributed by atoms with Crippen molar-refractivity contribution in [1.29, 1.82) is 0 Å². The lowest BCUT2D eigenvalue weighted by molar-refractivity contribution is -0.120. The van der Waals surface area contributed by atoms with E-state index in [4.69, 9.17) is 9.47 Å². The summed E-state index contributed by atoms with van der Waals surface area (Å²) in [5.74, 6) is 0.0636. The van der Waals surface area contributed by atoms with Gasteiger partial charge in [0.05, 0.1) is 30.8 Å². The van der Waals surface area contributed by atoms with Crippen molar-refractivity contribution in [1.82, 2.24) is 5.32 Å². The molecule has 0 saturated heterocycles. The van der Waals surface area contributed by atoms with Gasteiger partial charge in [-0.25, -0.2) is 12.8 Å². The van der Waals surface area contributed by atoms with Crippen LogP contribution in [0.25, 0.3) is 0 Å². The summed E-state index contributed by atoms with van der Waals surface area (Å²) >= 11 is 0. The zero-order chi connectivity index (χ0) is 25.6. The van der Waals surface area contributed by atoms with Crippen LogP contribution < -0.4 is 19.1 Å². The van der Waals surface area contributed by atoms with Gasteiger partial charge in [0.2, 0.25) is 5.91 Å². The molecular weight excluding hydrogens is 471 g/mol. The third-order valence-corrected chi connectivity index (χ3v) is 7.35. The number of carbonyl (C=O) groups excluding carboxylic acids is 1. The van der Waals surface area contributed by atoms with E-state index < -0.39 is 28.3 Å². The SMILES string of the molecule is CCC(NC(=O)CN(c1ccc(F)cc1)S(=O)(=O)c1ccc(C)cc1)c1ccc(OC)c(OC)c1. The number of anilines is 1. The van der Waals surface area contributed by atoms with Crippen molar-refractivity contribution in [2.45, 2.75) is 31.2 Å². The number of methoxy groups -OCH3 is 2. The molecule has 0 bridgehead atoms. The summed E-state index contributed by atoms with van der Waals surface area (Å²) in [6, 6.07) is 16.3. The van der Waals surface area contributed by atoms with E-state index in [1.807, 2.05) is 19.9 Å². The Morgan fingerprint density at radius 3 is 2.17 bits per heavy atom. The Morgan fingerprint density at radius 2 is 1.60 bits per heavy atom. The van der Waals surface area contributed by atoms with Crippen LogP contribution in [0.1, 0.15) is 30.5 Å². The zero-order valence-corrected chi connectivity index (χ0v) is 20.9. The van der Waals surface area contributed by atoms with Crippen LogP contribution in [0.5, 0.6) is 11.5 Å². The lowest BCUT2D eigenvalue weighted by atomic mass is 10.0. The number of aryl methyl sites for hydroxylation is 1. The van der Waals surface area contributed by atoms with Crippen molar-refractivity contribution in [3.63, 3.8) is 0 Å². The highest BCUT2D eigenvalue weighted by Gasteiger charge is 2.28. The van der Waals surface area contributed by atoms with Crippen molar-refractivity contribution in [2.75, 3.05) is 25.1 Å². The molecular formula is C26H29FN2O5S. The van der Waals surface area contributed by atoms with E-state index >= 15 is 0 Å². The fourth-order valence-corrected chi connectivity index (χ4v) is 5.04. The molecule has 0 aliphatic heterocycles. The maximum atomic E-state index is 13.5. The number of halogens is 1. The Labute approximate surface area is 205 Å². The summed E-state index contributed by atoms with van der Waals surface area (Å²) in [4.78, 5) is 13.1. The second kappa shape index (κ2) is 11.2. The van der Waals surface area contributed by atoms with Crippen molar-refractivity contribution in [3.8, 4) is 11.5 Å². The molecule has 0 aliphatic carbocycles. The van der Waals surface area contributed by atoms with E-state index in [-0.39, 0.29) is 16.6 Å². The Balaban J connectivity index is 1.90. The minimum absolute atomic E-state index is 0.0344. The molecule has 186 valence electrons. The van der Waals surface area contributed by atoms with E-state index in [0.717, 1.165) is 27.6 Å². The molecule has 3 aromatic carbocycles. The zero-order valence-electron chi connectivity index (χ0n) is 20.1. The molecule has 1 N–H and O–H groups in total. The maximum Gasteiger partial charge on any atom is 0.264 e. The monoisotopic (exact) mass is 500 g/mol. The van der Waals surface area contributed by atoms with Crippen molar-refractivity contribution in [2.24, 2.45) is 0 Å². The van der Waals surface area contributed by atoms with Gasteiger partial charge in [-0.3, -0.25) is 9.10 Å². The Kier molecular flexibility index (Phi) is 8.34. The number of nitrogens with zero attached hydrogens (tertiary/aromatic N) is 1. The summed E-state index contributed by atoms with van der Waals surface area (Å²) < 4.78 is 52.1. The van der Waals surface area contributed by atoms with Gasteiger partial charge in [0.15, 0.2) is 11.5 Å². The highest BCUT2D eigenvalue weighted by Crippen LogP contribution is 2.31. The van der Waals surface area contributed by atoms with Crippen LogP contribution in [0.3, 0.4) is 0 Å². The molecule has 7 nitrogen and oxygen atoms in total. The molecule has 0 fully saturated rings. The number of hydrogen-bond donors (Lipinski definition) is 1. The van der Waals surface area contributed by atoms with E-state index in [2.05, 4.69) is 5.32 Å². The molecule has 9 heteroatoms. The number of benzene rings is 3.